The fraction of sp³-hybridized carbons (Fsp3) is 0.611. The minimum Gasteiger partial charge on any atom is -0.444 e. The van der Waals surface area contributed by atoms with Gasteiger partial charge in [0.05, 0.1) is 13.2 Å². The first-order valence-corrected chi connectivity index (χ1v) is 9.01. The third-order valence-electron chi connectivity index (χ3n) is 4.13. The molecule has 5 heteroatoms. The predicted octanol–water partition coefficient (Wildman–Crippen LogP) is 4.63. The first-order chi connectivity index (χ1) is 10.8. The number of amides is 1. The average Bonchev–Trinajstić information content (AvgIpc) is 3.31. The zero-order chi connectivity index (χ0) is 16.6. The van der Waals surface area contributed by atoms with Crippen molar-refractivity contribution in [2.45, 2.75) is 51.2 Å². The lowest BCUT2D eigenvalue weighted by Gasteiger charge is -2.34. The van der Waals surface area contributed by atoms with Crippen molar-refractivity contribution in [2.24, 2.45) is 0 Å². The fourth-order valence-electron chi connectivity index (χ4n) is 2.81. The molecule has 2 fully saturated rings. The Morgan fingerprint density at radius 3 is 2.74 bits per heavy atom. The molecular formula is C18H24BrNO3. The SMILES string of the molecule is CC(C)(C)OC(=O)N1CCOC(c2ccc(Br)c(C3CC3)c2)C1. The smallest absolute Gasteiger partial charge is 0.410 e. The second-order valence-corrected chi connectivity index (χ2v) is 8.20. The van der Waals surface area contributed by atoms with E-state index in [1.165, 1.54) is 22.9 Å². The number of hydrogen-bond donors (Lipinski definition) is 0. The van der Waals surface area contributed by atoms with Crippen LogP contribution in [0.1, 0.15) is 56.8 Å². The average molecular weight is 382 g/mol. The van der Waals surface area contributed by atoms with E-state index < -0.39 is 5.60 Å². The lowest BCUT2D eigenvalue weighted by Crippen LogP contribution is -2.44. The molecule has 1 amide bonds. The summed E-state index contributed by atoms with van der Waals surface area (Å²) in [5, 5.41) is 0. The molecule has 1 unspecified atom stereocenters. The standard InChI is InChI=1S/C18H24BrNO3/c1-18(2,3)23-17(21)20-8-9-22-16(11-20)13-6-7-15(19)14(10-13)12-4-5-12/h6-7,10,12,16H,4-5,8-9,11H2,1-3H3. The molecule has 1 aliphatic heterocycles. The highest BCUT2D eigenvalue weighted by Crippen LogP contribution is 2.44. The van der Waals surface area contributed by atoms with Crippen LogP contribution in [0.4, 0.5) is 4.79 Å². The molecule has 1 saturated carbocycles. The number of hydrogen-bond acceptors (Lipinski definition) is 3. The molecule has 23 heavy (non-hydrogen) atoms. The Labute approximate surface area is 146 Å². The van der Waals surface area contributed by atoms with E-state index in [0.29, 0.717) is 25.6 Å². The lowest BCUT2D eigenvalue weighted by atomic mass is 10.0. The summed E-state index contributed by atoms with van der Waals surface area (Å²) in [5.41, 5.74) is 2.03. The Balaban J connectivity index is 1.71. The quantitative estimate of drug-likeness (QED) is 0.748. The molecule has 2 aliphatic rings. The third kappa shape index (κ3) is 4.27. The first-order valence-electron chi connectivity index (χ1n) is 8.22. The molecule has 0 radical (unpaired) electrons. The van der Waals surface area contributed by atoms with E-state index >= 15 is 0 Å². The normalized spacial score (nSPS) is 22.1. The minimum absolute atomic E-state index is 0.0816. The van der Waals surface area contributed by atoms with Crippen LogP contribution in [0.15, 0.2) is 22.7 Å². The molecule has 1 saturated heterocycles. The van der Waals surface area contributed by atoms with Gasteiger partial charge < -0.3 is 14.4 Å². The summed E-state index contributed by atoms with van der Waals surface area (Å²) >= 11 is 3.64. The van der Waals surface area contributed by atoms with Gasteiger partial charge in [-0.1, -0.05) is 28.1 Å². The molecule has 1 atom stereocenters. The highest BCUT2D eigenvalue weighted by Gasteiger charge is 2.31. The number of morpholine rings is 1. The number of ether oxygens (including phenoxy) is 2. The van der Waals surface area contributed by atoms with Crippen LogP contribution >= 0.6 is 15.9 Å². The minimum atomic E-state index is -0.471. The molecular weight excluding hydrogens is 358 g/mol. The van der Waals surface area contributed by atoms with Gasteiger partial charge in [0.1, 0.15) is 11.7 Å². The fourth-order valence-corrected chi connectivity index (χ4v) is 3.38. The van der Waals surface area contributed by atoms with Gasteiger partial charge >= 0.3 is 6.09 Å². The number of carbonyl (C=O) groups excluding carboxylic acids is 1. The molecule has 126 valence electrons. The van der Waals surface area contributed by atoms with E-state index in [1.54, 1.807) is 4.90 Å². The second-order valence-electron chi connectivity index (χ2n) is 7.34. The van der Waals surface area contributed by atoms with Crippen LogP contribution in [-0.2, 0) is 9.47 Å². The molecule has 0 aromatic heterocycles. The van der Waals surface area contributed by atoms with E-state index in [0.717, 1.165) is 5.56 Å². The summed E-state index contributed by atoms with van der Waals surface area (Å²) in [7, 11) is 0. The summed E-state index contributed by atoms with van der Waals surface area (Å²) in [4.78, 5) is 14.0. The van der Waals surface area contributed by atoms with Crippen molar-refractivity contribution in [3.63, 3.8) is 0 Å². The van der Waals surface area contributed by atoms with Crippen LogP contribution in [0.25, 0.3) is 0 Å². The van der Waals surface area contributed by atoms with Crippen LogP contribution < -0.4 is 0 Å². The molecule has 1 heterocycles. The van der Waals surface area contributed by atoms with Crippen molar-refractivity contribution in [1.82, 2.24) is 4.90 Å². The molecule has 1 aliphatic carbocycles. The van der Waals surface area contributed by atoms with Crippen molar-refractivity contribution >= 4 is 22.0 Å². The number of rotatable bonds is 2. The van der Waals surface area contributed by atoms with Gasteiger partial charge in [0.15, 0.2) is 0 Å². The van der Waals surface area contributed by atoms with Crippen molar-refractivity contribution < 1.29 is 14.3 Å². The highest BCUT2D eigenvalue weighted by atomic mass is 79.9. The number of halogens is 1. The Morgan fingerprint density at radius 1 is 1.35 bits per heavy atom. The Bertz CT molecular complexity index is 592. The highest BCUT2D eigenvalue weighted by molar-refractivity contribution is 9.10. The molecule has 4 nitrogen and oxygen atoms in total. The van der Waals surface area contributed by atoms with Gasteiger partial charge in [-0.25, -0.2) is 4.79 Å². The van der Waals surface area contributed by atoms with Gasteiger partial charge in [0.2, 0.25) is 0 Å². The summed E-state index contributed by atoms with van der Waals surface area (Å²) in [6.45, 7) is 7.33. The van der Waals surface area contributed by atoms with Crippen LogP contribution in [0.2, 0.25) is 0 Å². The van der Waals surface area contributed by atoms with Crippen LogP contribution in [0, 0.1) is 0 Å². The van der Waals surface area contributed by atoms with E-state index in [1.807, 2.05) is 20.8 Å². The summed E-state index contributed by atoms with van der Waals surface area (Å²) in [6, 6.07) is 6.41. The van der Waals surface area contributed by atoms with Crippen LogP contribution in [-0.4, -0.2) is 36.3 Å². The van der Waals surface area contributed by atoms with Crippen molar-refractivity contribution in [3.8, 4) is 0 Å². The van der Waals surface area contributed by atoms with E-state index in [2.05, 4.69) is 34.1 Å². The monoisotopic (exact) mass is 381 g/mol. The zero-order valence-corrected chi connectivity index (χ0v) is 15.6. The molecule has 0 bridgehead atoms. The number of carbonyl (C=O) groups is 1. The third-order valence-corrected chi connectivity index (χ3v) is 4.85. The van der Waals surface area contributed by atoms with E-state index in [-0.39, 0.29) is 12.2 Å². The maximum absolute atomic E-state index is 12.3. The van der Waals surface area contributed by atoms with Gasteiger partial charge in [-0.15, -0.1) is 0 Å². The molecule has 0 N–H and O–H groups in total. The number of benzene rings is 1. The summed E-state index contributed by atoms with van der Waals surface area (Å²) < 4.78 is 12.6. The van der Waals surface area contributed by atoms with E-state index in [4.69, 9.17) is 9.47 Å². The molecule has 3 rings (SSSR count). The predicted molar refractivity (Wildman–Crippen MR) is 92.6 cm³/mol. The van der Waals surface area contributed by atoms with Gasteiger partial charge in [-0.3, -0.25) is 0 Å². The largest absolute Gasteiger partial charge is 0.444 e. The van der Waals surface area contributed by atoms with Gasteiger partial charge in [0, 0.05) is 11.0 Å². The van der Waals surface area contributed by atoms with Crippen LogP contribution in [0.5, 0.6) is 0 Å². The molecule has 1 aromatic rings. The first kappa shape index (κ1) is 16.8. The topological polar surface area (TPSA) is 38.8 Å². The maximum atomic E-state index is 12.3. The Hall–Kier alpha value is -1.07. The summed E-state index contributed by atoms with van der Waals surface area (Å²) in [5.74, 6) is 0.676. The summed E-state index contributed by atoms with van der Waals surface area (Å²) in [6.07, 6.45) is 2.18. The molecule has 0 spiro atoms. The molecule has 1 aromatic carbocycles. The zero-order valence-electron chi connectivity index (χ0n) is 14.0. The van der Waals surface area contributed by atoms with E-state index in [9.17, 15) is 4.79 Å². The lowest BCUT2D eigenvalue weighted by molar-refractivity contribution is -0.0433. The Kier molecular flexibility index (Phi) is 4.70. The number of nitrogens with zero attached hydrogens (tertiary/aromatic N) is 1. The van der Waals surface area contributed by atoms with Crippen molar-refractivity contribution in [2.75, 3.05) is 19.7 Å². The maximum Gasteiger partial charge on any atom is 0.410 e. The van der Waals surface area contributed by atoms with Crippen molar-refractivity contribution in [1.29, 1.82) is 0 Å². The second kappa shape index (κ2) is 6.44. The van der Waals surface area contributed by atoms with Crippen LogP contribution in [0.3, 0.4) is 0 Å². The van der Waals surface area contributed by atoms with Crippen molar-refractivity contribution in [3.05, 3.63) is 33.8 Å². The van der Waals surface area contributed by atoms with Gasteiger partial charge in [-0.05, 0) is 56.7 Å². The van der Waals surface area contributed by atoms with Gasteiger partial charge in [-0.2, -0.15) is 0 Å². The Morgan fingerprint density at radius 2 is 2.09 bits per heavy atom. The van der Waals surface area contributed by atoms with Gasteiger partial charge in [0.25, 0.3) is 0 Å².